The second-order valence-corrected chi connectivity index (χ2v) is 5.20. The quantitative estimate of drug-likeness (QED) is 0.695. The molecule has 0 unspecified atom stereocenters. The van der Waals surface area contributed by atoms with Gasteiger partial charge in [0.2, 0.25) is 10.0 Å². The maximum absolute atomic E-state index is 11.0. The lowest BCUT2D eigenvalue weighted by atomic mass is 10.1. The second kappa shape index (κ2) is 5.46. The molecule has 0 aromatic rings. The molecule has 1 rings (SSSR count). The lowest BCUT2D eigenvalue weighted by Gasteiger charge is -2.11. The van der Waals surface area contributed by atoms with E-state index in [0.717, 1.165) is 0 Å². The van der Waals surface area contributed by atoms with Crippen LogP contribution in [0.4, 0.5) is 0 Å². The molecule has 1 fully saturated rings. The highest BCUT2D eigenvalue weighted by Gasteiger charge is 2.30. The highest BCUT2D eigenvalue weighted by atomic mass is 32.2. The summed E-state index contributed by atoms with van der Waals surface area (Å²) in [6, 6.07) is 0. The molecule has 1 heterocycles. The summed E-state index contributed by atoms with van der Waals surface area (Å²) < 4.78 is 23.4. The summed E-state index contributed by atoms with van der Waals surface area (Å²) in [6.45, 7) is 6.37. The summed E-state index contributed by atoms with van der Waals surface area (Å²) in [4.78, 5) is 10.9. The maximum Gasteiger partial charge on any atom is 0.211 e. The summed E-state index contributed by atoms with van der Waals surface area (Å²) in [5.41, 5.74) is 0. The summed E-state index contributed by atoms with van der Waals surface area (Å²) in [5, 5.41) is 0. The van der Waals surface area contributed by atoms with E-state index < -0.39 is 10.0 Å². The van der Waals surface area contributed by atoms with Crippen LogP contribution in [0.1, 0.15) is 27.2 Å². The minimum atomic E-state index is -3.09. The molecule has 84 valence electrons. The molecule has 0 bridgehead atoms. The number of Topliss-reactive ketones (excluding diaryl/α,β-unsaturated/α-hetero) is 1. The fourth-order valence-electron chi connectivity index (χ4n) is 1.36. The van der Waals surface area contributed by atoms with Gasteiger partial charge in [-0.2, -0.15) is 0 Å². The summed E-state index contributed by atoms with van der Waals surface area (Å²) in [6.07, 6.45) is 1.85. The van der Waals surface area contributed by atoms with Crippen molar-refractivity contribution in [2.24, 2.45) is 5.92 Å². The van der Waals surface area contributed by atoms with E-state index >= 15 is 0 Å². The van der Waals surface area contributed by atoms with Crippen LogP contribution in [0.3, 0.4) is 0 Å². The molecule has 1 atom stereocenters. The van der Waals surface area contributed by atoms with Crippen LogP contribution in [0.25, 0.3) is 0 Å². The van der Waals surface area contributed by atoms with Crippen LogP contribution in [-0.2, 0) is 14.8 Å². The van der Waals surface area contributed by atoms with Crippen LogP contribution >= 0.6 is 0 Å². The third-order valence-electron chi connectivity index (χ3n) is 2.19. The van der Waals surface area contributed by atoms with Gasteiger partial charge in [0, 0.05) is 19.0 Å². The first kappa shape index (κ1) is 13.6. The maximum atomic E-state index is 11.0. The van der Waals surface area contributed by atoms with Gasteiger partial charge in [-0.05, 0) is 13.3 Å². The van der Waals surface area contributed by atoms with Crippen LogP contribution < -0.4 is 0 Å². The molecule has 1 aliphatic rings. The van der Waals surface area contributed by atoms with Gasteiger partial charge in [-0.3, -0.25) is 4.79 Å². The van der Waals surface area contributed by atoms with Crippen molar-refractivity contribution < 1.29 is 13.2 Å². The molecule has 0 amide bonds. The fourth-order valence-corrected chi connectivity index (χ4v) is 2.25. The SMILES string of the molecule is CC.CC(=O)[C@@H]1CCN(S(C)(=O)=O)C1. The number of carbonyl (C=O) groups excluding carboxylic acids is 1. The molecule has 0 radical (unpaired) electrons. The van der Waals surface area contributed by atoms with Crippen LogP contribution in [0.5, 0.6) is 0 Å². The van der Waals surface area contributed by atoms with Crippen molar-refractivity contribution in [1.29, 1.82) is 0 Å². The number of hydrogen-bond acceptors (Lipinski definition) is 3. The van der Waals surface area contributed by atoms with E-state index in [0.29, 0.717) is 19.5 Å². The minimum absolute atomic E-state index is 0.0836. The number of ketones is 1. The Kier molecular flexibility index (Phi) is 5.29. The van der Waals surface area contributed by atoms with Crippen molar-refractivity contribution in [3.05, 3.63) is 0 Å². The molecular weight excluding hydrogens is 202 g/mol. The van der Waals surface area contributed by atoms with Crippen LogP contribution in [0.2, 0.25) is 0 Å². The molecule has 1 aliphatic heterocycles. The normalized spacial score (nSPS) is 22.7. The average Bonchev–Trinajstić information content (AvgIpc) is 2.54. The van der Waals surface area contributed by atoms with Crippen molar-refractivity contribution in [1.82, 2.24) is 4.31 Å². The van der Waals surface area contributed by atoms with Gasteiger partial charge in [0.1, 0.15) is 5.78 Å². The Morgan fingerprint density at radius 2 is 1.86 bits per heavy atom. The smallest absolute Gasteiger partial charge is 0.211 e. The number of nitrogens with zero attached hydrogens (tertiary/aromatic N) is 1. The van der Waals surface area contributed by atoms with Gasteiger partial charge in [0.25, 0.3) is 0 Å². The van der Waals surface area contributed by atoms with Gasteiger partial charge in [-0.25, -0.2) is 12.7 Å². The lowest BCUT2D eigenvalue weighted by molar-refractivity contribution is -0.120. The molecular formula is C9H19NO3S. The van der Waals surface area contributed by atoms with Gasteiger partial charge in [-0.15, -0.1) is 0 Å². The Bertz CT molecular complexity index is 284. The van der Waals surface area contributed by atoms with Crippen molar-refractivity contribution in [3.63, 3.8) is 0 Å². The largest absolute Gasteiger partial charge is 0.300 e. The molecule has 4 nitrogen and oxygen atoms in total. The van der Waals surface area contributed by atoms with Crippen molar-refractivity contribution >= 4 is 15.8 Å². The molecule has 0 aromatic carbocycles. The Balaban J connectivity index is 0.000000791. The van der Waals surface area contributed by atoms with E-state index in [9.17, 15) is 13.2 Å². The van der Waals surface area contributed by atoms with Crippen molar-refractivity contribution in [2.75, 3.05) is 19.3 Å². The zero-order chi connectivity index (χ0) is 11.4. The zero-order valence-corrected chi connectivity index (χ0v) is 10.1. The second-order valence-electron chi connectivity index (χ2n) is 3.22. The Labute approximate surface area is 86.3 Å². The Morgan fingerprint density at radius 1 is 1.36 bits per heavy atom. The van der Waals surface area contributed by atoms with Gasteiger partial charge in [0.15, 0.2) is 0 Å². The molecule has 1 saturated heterocycles. The zero-order valence-electron chi connectivity index (χ0n) is 9.28. The number of carbonyl (C=O) groups is 1. The van der Waals surface area contributed by atoms with E-state index in [1.165, 1.54) is 17.5 Å². The highest BCUT2D eigenvalue weighted by Crippen LogP contribution is 2.18. The Hall–Kier alpha value is -0.420. The third-order valence-corrected chi connectivity index (χ3v) is 3.46. The minimum Gasteiger partial charge on any atom is -0.300 e. The van der Waals surface area contributed by atoms with E-state index in [1.54, 1.807) is 0 Å². The molecule has 0 N–H and O–H groups in total. The number of hydrogen-bond donors (Lipinski definition) is 0. The predicted molar refractivity (Wildman–Crippen MR) is 56.6 cm³/mol. The first-order valence-electron chi connectivity index (χ1n) is 4.87. The van der Waals surface area contributed by atoms with Gasteiger partial charge >= 0.3 is 0 Å². The topological polar surface area (TPSA) is 54.5 Å². The van der Waals surface area contributed by atoms with Crippen molar-refractivity contribution in [3.8, 4) is 0 Å². The molecule has 0 spiro atoms. The Morgan fingerprint density at radius 3 is 2.07 bits per heavy atom. The monoisotopic (exact) mass is 221 g/mol. The third kappa shape index (κ3) is 3.75. The van der Waals surface area contributed by atoms with Crippen LogP contribution in [0.15, 0.2) is 0 Å². The van der Waals surface area contributed by atoms with Crippen LogP contribution in [0, 0.1) is 5.92 Å². The van der Waals surface area contributed by atoms with E-state index in [-0.39, 0.29) is 11.7 Å². The first-order valence-corrected chi connectivity index (χ1v) is 6.71. The molecule has 0 saturated carbocycles. The number of rotatable bonds is 2. The number of sulfonamides is 1. The van der Waals surface area contributed by atoms with Gasteiger partial charge < -0.3 is 0 Å². The standard InChI is InChI=1S/C7H13NO3S.C2H6/c1-6(9)7-3-4-8(5-7)12(2,10)11;1-2/h7H,3-5H2,1-2H3;1-2H3/t7-;/m1./s1. The molecule has 14 heavy (non-hydrogen) atoms. The molecule has 0 aromatic heterocycles. The van der Waals surface area contributed by atoms with Gasteiger partial charge in [0.05, 0.1) is 6.26 Å². The summed E-state index contributed by atoms with van der Waals surface area (Å²) in [7, 11) is -3.09. The van der Waals surface area contributed by atoms with Gasteiger partial charge in [-0.1, -0.05) is 13.8 Å². The highest BCUT2D eigenvalue weighted by molar-refractivity contribution is 7.88. The van der Waals surface area contributed by atoms with Crippen LogP contribution in [-0.4, -0.2) is 37.9 Å². The first-order chi connectivity index (χ1) is 6.41. The van der Waals surface area contributed by atoms with E-state index in [4.69, 9.17) is 0 Å². The fraction of sp³-hybridized carbons (Fsp3) is 0.889. The summed E-state index contributed by atoms with van der Waals surface area (Å²) >= 11 is 0. The summed E-state index contributed by atoms with van der Waals surface area (Å²) in [5.74, 6) is 0.000810. The van der Waals surface area contributed by atoms with E-state index in [2.05, 4.69) is 0 Å². The van der Waals surface area contributed by atoms with Crippen molar-refractivity contribution in [2.45, 2.75) is 27.2 Å². The molecule has 0 aliphatic carbocycles. The van der Waals surface area contributed by atoms with E-state index in [1.807, 2.05) is 13.8 Å². The molecule has 5 heteroatoms. The predicted octanol–water partition coefficient (Wildman–Crippen LogP) is 0.883. The average molecular weight is 221 g/mol. The lowest BCUT2D eigenvalue weighted by Crippen LogP contribution is -2.28.